The van der Waals surface area contributed by atoms with Crippen molar-refractivity contribution in [1.29, 1.82) is 5.26 Å². The first kappa shape index (κ1) is 13.3. The lowest BCUT2D eigenvalue weighted by Crippen LogP contribution is -2.02. The Bertz CT molecular complexity index is 666. The quantitative estimate of drug-likeness (QED) is 0.496. The zero-order chi connectivity index (χ0) is 14.4. The number of nitrogens with zero attached hydrogens (tertiary/aromatic N) is 3. The van der Waals surface area contributed by atoms with Crippen LogP contribution in [0, 0.1) is 11.5 Å². The number of carbonyl (C=O) groups excluding carboxylic acids is 1. The summed E-state index contributed by atoms with van der Waals surface area (Å²) in [7, 11) is 1.33. The number of carbonyl (C=O) groups is 1. The summed E-state index contributed by atoms with van der Waals surface area (Å²) >= 11 is 0. The van der Waals surface area contributed by atoms with Gasteiger partial charge in [-0.05, 0) is 18.2 Å². The van der Waals surface area contributed by atoms with Gasteiger partial charge in [-0.1, -0.05) is 6.07 Å². The number of methoxy groups -OCH3 is 1. The summed E-state index contributed by atoms with van der Waals surface area (Å²) < 4.78 is 4.65. The largest absolute Gasteiger partial charge is 0.465 e. The molecule has 0 amide bonds. The summed E-state index contributed by atoms with van der Waals surface area (Å²) in [4.78, 5) is 19.3. The molecule has 0 spiro atoms. The third kappa shape index (κ3) is 3.20. The molecule has 20 heavy (non-hydrogen) atoms. The molecule has 7 heteroatoms. The number of nitrogens with one attached hydrogen (secondary N) is 2. The van der Waals surface area contributed by atoms with Crippen molar-refractivity contribution in [2.24, 2.45) is 0 Å². The van der Waals surface area contributed by atoms with E-state index in [4.69, 9.17) is 5.26 Å². The van der Waals surface area contributed by atoms with Crippen LogP contribution in [0.4, 0.5) is 17.3 Å². The lowest BCUT2D eigenvalue weighted by Gasteiger charge is -2.07. The molecule has 0 unspecified atom stereocenters. The number of rotatable bonds is 4. The van der Waals surface area contributed by atoms with Crippen molar-refractivity contribution in [3.05, 3.63) is 42.2 Å². The summed E-state index contributed by atoms with van der Waals surface area (Å²) in [5.74, 6) is 0.470. The van der Waals surface area contributed by atoms with Crippen LogP contribution in [0.3, 0.4) is 0 Å². The van der Waals surface area contributed by atoms with E-state index in [0.717, 1.165) is 0 Å². The monoisotopic (exact) mass is 269 g/mol. The van der Waals surface area contributed by atoms with Gasteiger partial charge in [-0.2, -0.15) is 5.26 Å². The van der Waals surface area contributed by atoms with E-state index in [9.17, 15) is 4.79 Å². The molecule has 2 N–H and O–H groups in total. The van der Waals surface area contributed by atoms with Gasteiger partial charge in [0.1, 0.15) is 18.0 Å². The second-order valence-corrected chi connectivity index (χ2v) is 3.72. The lowest BCUT2D eigenvalue weighted by molar-refractivity contribution is 0.0601. The molecule has 0 bridgehead atoms. The van der Waals surface area contributed by atoms with Gasteiger partial charge in [0.15, 0.2) is 6.19 Å². The van der Waals surface area contributed by atoms with Crippen LogP contribution < -0.4 is 10.6 Å². The normalized spacial score (nSPS) is 9.40. The van der Waals surface area contributed by atoms with Crippen LogP contribution in [-0.4, -0.2) is 23.0 Å². The number of hydrogen-bond acceptors (Lipinski definition) is 7. The number of ether oxygens (including phenoxy) is 1. The Morgan fingerprint density at radius 3 is 2.85 bits per heavy atom. The van der Waals surface area contributed by atoms with Crippen molar-refractivity contribution in [2.75, 3.05) is 17.7 Å². The summed E-state index contributed by atoms with van der Waals surface area (Å²) in [6, 6.07) is 8.38. The molecule has 1 heterocycles. The van der Waals surface area contributed by atoms with E-state index in [-0.39, 0.29) is 0 Å². The molecule has 0 atom stereocenters. The van der Waals surface area contributed by atoms with Crippen molar-refractivity contribution in [2.45, 2.75) is 0 Å². The highest BCUT2D eigenvalue weighted by Crippen LogP contribution is 2.17. The predicted octanol–water partition coefficient (Wildman–Crippen LogP) is 1.90. The topological polar surface area (TPSA) is 99.9 Å². The third-order valence-electron chi connectivity index (χ3n) is 2.41. The summed E-state index contributed by atoms with van der Waals surface area (Å²) in [5, 5.41) is 14.0. The number of benzene rings is 1. The van der Waals surface area contributed by atoms with E-state index in [1.807, 2.05) is 0 Å². The minimum Gasteiger partial charge on any atom is -0.465 e. The average molecular weight is 269 g/mol. The Labute approximate surface area is 115 Å². The molecule has 0 saturated carbocycles. The minimum atomic E-state index is -0.414. The van der Waals surface area contributed by atoms with Gasteiger partial charge >= 0.3 is 5.97 Å². The highest BCUT2D eigenvalue weighted by atomic mass is 16.5. The Balaban J connectivity index is 2.20. The molecular formula is C13H11N5O2. The van der Waals surface area contributed by atoms with Crippen molar-refractivity contribution >= 4 is 23.3 Å². The van der Waals surface area contributed by atoms with Crippen molar-refractivity contribution in [1.82, 2.24) is 9.97 Å². The predicted molar refractivity (Wildman–Crippen MR) is 72.3 cm³/mol. The van der Waals surface area contributed by atoms with E-state index in [1.165, 1.54) is 13.4 Å². The van der Waals surface area contributed by atoms with Crippen LogP contribution in [0.5, 0.6) is 0 Å². The molecule has 7 nitrogen and oxygen atoms in total. The molecule has 0 aliphatic rings. The van der Waals surface area contributed by atoms with Crippen molar-refractivity contribution in [3.63, 3.8) is 0 Å². The maximum atomic E-state index is 11.4. The highest BCUT2D eigenvalue weighted by molar-refractivity contribution is 5.90. The standard InChI is InChI=1S/C13H11N5O2/c1-20-13(19)9-3-2-4-10(5-9)18-12-6-11(15-7-14)16-8-17-12/h2-6,8H,1H3,(H2,15,16,17,18). The van der Waals surface area contributed by atoms with Gasteiger partial charge in [0, 0.05) is 11.8 Å². The fourth-order valence-electron chi connectivity index (χ4n) is 1.54. The second-order valence-electron chi connectivity index (χ2n) is 3.72. The molecule has 0 fully saturated rings. The first-order valence-electron chi connectivity index (χ1n) is 5.65. The SMILES string of the molecule is COC(=O)c1cccc(Nc2cc(NC#N)ncn2)c1. The van der Waals surface area contributed by atoms with Gasteiger partial charge in [0.05, 0.1) is 12.7 Å². The van der Waals surface area contributed by atoms with Crippen molar-refractivity contribution in [3.8, 4) is 6.19 Å². The number of esters is 1. The van der Waals surface area contributed by atoms with Gasteiger partial charge < -0.3 is 10.1 Å². The Kier molecular flexibility index (Phi) is 4.09. The number of anilines is 3. The van der Waals surface area contributed by atoms with Crippen LogP contribution in [0.25, 0.3) is 0 Å². The van der Waals surface area contributed by atoms with E-state index in [0.29, 0.717) is 22.9 Å². The molecule has 100 valence electrons. The Morgan fingerprint density at radius 1 is 1.30 bits per heavy atom. The van der Waals surface area contributed by atoms with Gasteiger partial charge in [0.2, 0.25) is 0 Å². The number of hydrogen-bond donors (Lipinski definition) is 2. The van der Waals surface area contributed by atoms with Gasteiger partial charge in [-0.15, -0.1) is 0 Å². The van der Waals surface area contributed by atoms with E-state index in [2.05, 4.69) is 25.3 Å². The highest BCUT2D eigenvalue weighted by Gasteiger charge is 2.06. The maximum Gasteiger partial charge on any atom is 0.337 e. The van der Waals surface area contributed by atoms with Crippen molar-refractivity contribution < 1.29 is 9.53 Å². The Morgan fingerprint density at radius 2 is 2.10 bits per heavy atom. The maximum absolute atomic E-state index is 11.4. The number of nitriles is 1. The number of aromatic nitrogens is 2. The molecule has 1 aromatic heterocycles. The van der Waals surface area contributed by atoms with Gasteiger partial charge in [-0.25, -0.2) is 14.8 Å². The van der Waals surface area contributed by atoms with Crippen LogP contribution in [-0.2, 0) is 4.74 Å². The molecule has 0 aliphatic carbocycles. The van der Waals surface area contributed by atoms with E-state index >= 15 is 0 Å². The molecule has 2 aromatic rings. The first-order chi connectivity index (χ1) is 9.72. The fourth-order valence-corrected chi connectivity index (χ4v) is 1.54. The van der Waals surface area contributed by atoms with E-state index < -0.39 is 5.97 Å². The van der Waals surface area contributed by atoms with E-state index in [1.54, 1.807) is 36.5 Å². The van der Waals surface area contributed by atoms with Crippen LogP contribution in [0.1, 0.15) is 10.4 Å². The summed E-state index contributed by atoms with van der Waals surface area (Å²) in [6.07, 6.45) is 3.10. The molecule has 2 rings (SSSR count). The zero-order valence-electron chi connectivity index (χ0n) is 10.6. The van der Waals surface area contributed by atoms with Crippen LogP contribution in [0.15, 0.2) is 36.7 Å². The third-order valence-corrected chi connectivity index (χ3v) is 2.41. The zero-order valence-corrected chi connectivity index (χ0v) is 10.6. The second kappa shape index (κ2) is 6.15. The van der Waals surface area contributed by atoms with Crippen LogP contribution >= 0.6 is 0 Å². The average Bonchev–Trinajstić information content (AvgIpc) is 2.47. The lowest BCUT2D eigenvalue weighted by atomic mass is 10.2. The van der Waals surface area contributed by atoms with Gasteiger partial charge in [0.25, 0.3) is 0 Å². The van der Waals surface area contributed by atoms with Gasteiger partial charge in [-0.3, -0.25) is 5.32 Å². The van der Waals surface area contributed by atoms with Crippen LogP contribution in [0.2, 0.25) is 0 Å². The molecule has 0 aliphatic heterocycles. The summed E-state index contributed by atoms with van der Waals surface area (Å²) in [5.41, 5.74) is 1.11. The first-order valence-corrected chi connectivity index (χ1v) is 5.65. The molecule has 0 saturated heterocycles. The smallest absolute Gasteiger partial charge is 0.337 e. The molecule has 0 radical (unpaired) electrons. The molecular weight excluding hydrogens is 258 g/mol. The fraction of sp³-hybridized carbons (Fsp3) is 0.0769. The summed E-state index contributed by atoms with van der Waals surface area (Å²) in [6.45, 7) is 0. The minimum absolute atomic E-state index is 0.383. The molecule has 1 aromatic carbocycles. The Hall–Kier alpha value is -3.14.